The molecule has 0 fully saturated rings. The van der Waals surface area contributed by atoms with Crippen molar-refractivity contribution in [2.45, 2.75) is 6.54 Å². The van der Waals surface area contributed by atoms with Gasteiger partial charge in [-0.15, -0.1) is 0 Å². The molecule has 6 heteroatoms. The van der Waals surface area contributed by atoms with E-state index in [1.165, 1.54) is 4.57 Å². The number of hydrogen-bond donors (Lipinski definition) is 0. The normalized spacial score (nSPS) is 10.5. The zero-order chi connectivity index (χ0) is 18.6. The lowest BCUT2D eigenvalue weighted by molar-refractivity contribution is 0.378. The van der Waals surface area contributed by atoms with E-state index in [9.17, 15) is 10.1 Å². The van der Waals surface area contributed by atoms with Crippen LogP contribution in [0.1, 0.15) is 11.1 Å². The molecule has 2 heterocycles. The van der Waals surface area contributed by atoms with E-state index in [4.69, 9.17) is 4.52 Å². The highest BCUT2D eigenvalue weighted by molar-refractivity contribution is 5.70. The van der Waals surface area contributed by atoms with Gasteiger partial charge in [0, 0.05) is 6.20 Å². The molecule has 0 amide bonds. The molecule has 2 aromatic heterocycles. The molecule has 0 aliphatic rings. The lowest BCUT2D eigenvalue weighted by atomic mass is 9.99. The van der Waals surface area contributed by atoms with Crippen molar-refractivity contribution in [2.75, 3.05) is 0 Å². The number of nitrogens with zero attached hydrogens (tertiary/aromatic N) is 4. The van der Waals surface area contributed by atoms with Gasteiger partial charge in [0.25, 0.3) is 0 Å². The van der Waals surface area contributed by atoms with Gasteiger partial charge in [-0.25, -0.2) is 4.79 Å². The van der Waals surface area contributed by atoms with Crippen LogP contribution in [0.3, 0.4) is 0 Å². The van der Waals surface area contributed by atoms with Crippen LogP contribution < -0.4 is 5.76 Å². The second kappa shape index (κ2) is 7.10. The van der Waals surface area contributed by atoms with Crippen LogP contribution in [0.4, 0.5) is 0 Å². The van der Waals surface area contributed by atoms with Crippen LogP contribution in [0.15, 0.2) is 82.2 Å². The summed E-state index contributed by atoms with van der Waals surface area (Å²) >= 11 is 0. The van der Waals surface area contributed by atoms with Crippen molar-refractivity contribution in [3.8, 4) is 28.7 Å². The van der Waals surface area contributed by atoms with Gasteiger partial charge in [0.1, 0.15) is 5.69 Å². The molecule has 0 saturated carbocycles. The van der Waals surface area contributed by atoms with Gasteiger partial charge in [-0.1, -0.05) is 53.7 Å². The zero-order valence-electron chi connectivity index (χ0n) is 14.2. The van der Waals surface area contributed by atoms with E-state index in [0.717, 1.165) is 16.7 Å². The molecule has 0 saturated heterocycles. The minimum absolute atomic E-state index is 0.314. The number of benzene rings is 2. The second-order valence-corrected chi connectivity index (χ2v) is 5.93. The van der Waals surface area contributed by atoms with Crippen LogP contribution in [-0.2, 0) is 6.54 Å². The first-order chi connectivity index (χ1) is 13.3. The summed E-state index contributed by atoms with van der Waals surface area (Å²) in [6, 6.07) is 22.8. The summed E-state index contributed by atoms with van der Waals surface area (Å²) in [6.45, 7) is 0.314. The fourth-order valence-corrected chi connectivity index (χ4v) is 2.89. The van der Waals surface area contributed by atoms with E-state index in [1.54, 1.807) is 24.4 Å². The van der Waals surface area contributed by atoms with Crippen LogP contribution in [0.25, 0.3) is 22.6 Å². The van der Waals surface area contributed by atoms with Gasteiger partial charge in [0.05, 0.1) is 18.2 Å². The van der Waals surface area contributed by atoms with E-state index in [2.05, 4.69) is 16.2 Å². The van der Waals surface area contributed by atoms with Crippen LogP contribution in [0.2, 0.25) is 0 Å². The summed E-state index contributed by atoms with van der Waals surface area (Å²) in [5, 5.41) is 13.1. The van der Waals surface area contributed by atoms with Crippen molar-refractivity contribution in [1.82, 2.24) is 14.7 Å². The smallest absolute Gasteiger partial charge is 0.295 e. The second-order valence-electron chi connectivity index (χ2n) is 5.93. The Morgan fingerprint density at radius 2 is 1.78 bits per heavy atom. The number of pyridine rings is 1. The summed E-state index contributed by atoms with van der Waals surface area (Å²) in [5.41, 5.74) is 3.93. The molecular formula is C21H14N4O2. The molecule has 4 aromatic rings. The first-order valence-corrected chi connectivity index (χ1v) is 8.32. The van der Waals surface area contributed by atoms with Gasteiger partial charge in [-0.2, -0.15) is 5.26 Å². The van der Waals surface area contributed by atoms with E-state index in [1.807, 2.05) is 48.5 Å². The molecule has 0 spiro atoms. The number of hydrogen-bond acceptors (Lipinski definition) is 5. The average Bonchev–Trinajstić information content (AvgIpc) is 3.09. The maximum Gasteiger partial charge on any atom is 0.442 e. The van der Waals surface area contributed by atoms with Crippen LogP contribution in [0.5, 0.6) is 0 Å². The van der Waals surface area contributed by atoms with Crippen molar-refractivity contribution in [3.05, 3.63) is 94.6 Å². The third kappa shape index (κ3) is 3.26. The highest BCUT2D eigenvalue weighted by Gasteiger charge is 2.14. The van der Waals surface area contributed by atoms with Crippen molar-refractivity contribution >= 4 is 0 Å². The molecule has 0 radical (unpaired) electrons. The van der Waals surface area contributed by atoms with Gasteiger partial charge in [0.2, 0.25) is 5.82 Å². The summed E-state index contributed by atoms with van der Waals surface area (Å²) in [4.78, 5) is 16.3. The minimum atomic E-state index is -0.533. The zero-order valence-corrected chi connectivity index (χ0v) is 14.2. The standard InChI is InChI=1S/C21H14N4O2/c22-13-17-5-1-2-6-18(17)16-10-8-15(9-11-16)14-25-20(24-27-21(25)26)19-7-3-4-12-23-19/h1-12H,14H2. The molecule has 6 nitrogen and oxygen atoms in total. The maximum absolute atomic E-state index is 12.1. The minimum Gasteiger partial charge on any atom is -0.295 e. The average molecular weight is 354 g/mol. The number of aromatic nitrogens is 3. The molecular weight excluding hydrogens is 340 g/mol. The molecule has 0 bridgehead atoms. The molecule has 27 heavy (non-hydrogen) atoms. The predicted octanol–water partition coefficient (Wildman–Crippen LogP) is 3.49. The van der Waals surface area contributed by atoms with Crippen LogP contribution in [-0.4, -0.2) is 14.7 Å². The molecule has 0 unspecified atom stereocenters. The summed E-state index contributed by atoms with van der Waals surface area (Å²) in [6.07, 6.45) is 1.64. The molecule has 4 rings (SSSR count). The van der Waals surface area contributed by atoms with E-state index in [-0.39, 0.29) is 0 Å². The Labute approximate surface area is 155 Å². The first-order valence-electron chi connectivity index (χ1n) is 8.32. The van der Waals surface area contributed by atoms with Gasteiger partial charge < -0.3 is 0 Å². The lowest BCUT2D eigenvalue weighted by Crippen LogP contribution is -2.16. The molecule has 0 atom stereocenters. The Morgan fingerprint density at radius 1 is 1.00 bits per heavy atom. The third-order valence-electron chi connectivity index (χ3n) is 4.23. The largest absolute Gasteiger partial charge is 0.442 e. The fourth-order valence-electron chi connectivity index (χ4n) is 2.89. The van der Waals surface area contributed by atoms with Crippen molar-refractivity contribution in [3.63, 3.8) is 0 Å². The molecule has 0 aliphatic heterocycles. The van der Waals surface area contributed by atoms with E-state index < -0.39 is 5.76 Å². The quantitative estimate of drug-likeness (QED) is 0.560. The van der Waals surface area contributed by atoms with E-state index >= 15 is 0 Å². The maximum atomic E-state index is 12.1. The van der Waals surface area contributed by atoms with Crippen LogP contribution >= 0.6 is 0 Å². The number of nitriles is 1. The molecule has 0 aliphatic carbocycles. The first kappa shape index (κ1) is 16.5. The summed E-state index contributed by atoms with van der Waals surface area (Å²) < 4.78 is 6.27. The Bertz CT molecular complexity index is 1170. The predicted molar refractivity (Wildman–Crippen MR) is 99.7 cm³/mol. The Morgan fingerprint density at radius 3 is 2.52 bits per heavy atom. The SMILES string of the molecule is N#Cc1ccccc1-c1ccc(Cn2c(-c3ccccn3)noc2=O)cc1. The monoisotopic (exact) mass is 354 g/mol. The highest BCUT2D eigenvalue weighted by atomic mass is 16.5. The van der Waals surface area contributed by atoms with Gasteiger partial charge >= 0.3 is 5.76 Å². The van der Waals surface area contributed by atoms with Crippen molar-refractivity contribution < 1.29 is 4.52 Å². The highest BCUT2D eigenvalue weighted by Crippen LogP contribution is 2.24. The van der Waals surface area contributed by atoms with Gasteiger partial charge in [-0.3, -0.25) is 14.1 Å². The summed E-state index contributed by atoms with van der Waals surface area (Å²) in [5.74, 6) is -0.144. The fraction of sp³-hybridized carbons (Fsp3) is 0.0476. The third-order valence-corrected chi connectivity index (χ3v) is 4.23. The Kier molecular flexibility index (Phi) is 4.33. The van der Waals surface area contributed by atoms with Gasteiger partial charge in [0.15, 0.2) is 0 Å². The van der Waals surface area contributed by atoms with Crippen LogP contribution in [0, 0.1) is 11.3 Å². The molecule has 0 N–H and O–H groups in total. The number of rotatable bonds is 4. The van der Waals surface area contributed by atoms with Gasteiger partial charge in [-0.05, 0) is 34.9 Å². The Balaban J connectivity index is 1.65. The van der Waals surface area contributed by atoms with Crippen molar-refractivity contribution in [2.24, 2.45) is 0 Å². The molecule has 2 aromatic carbocycles. The van der Waals surface area contributed by atoms with Crippen molar-refractivity contribution in [1.29, 1.82) is 5.26 Å². The molecule has 130 valence electrons. The van der Waals surface area contributed by atoms with E-state index in [0.29, 0.717) is 23.6 Å². The Hall–Kier alpha value is -3.98. The summed E-state index contributed by atoms with van der Waals surface area (Å²) in [7, 11) is 0. The lowest BCUT2D eigenvalue weighted by Gasteiger charge is -2.07. The topological polar surface area (TPSA) is 84.7 Å².